The molecule has 0 radical (unpaired) electrons. The van der Waals surface area contributed by atoms with E-state index in [1.54, 1.807) is 72.8 Å². The topological polar surface area (TPSA) is 128 Å². The number of hydrogen-bond donors (Lipinski definition) is 0. The van der Waals surface area contributed by atoms with E-state index >= 15 is 0 Å². The first-order valence-corrected chi connectivity index (χ1v) is 17.0. The predicted molar refractivity (Wildman–Crippen MR) is 209 cm³/mol. The van der Waals surface area contributed by atoms with Crippen molar-refractivity contribution < 1.29 is 0 Å². The van der Waals surface area contributed by atoms with Crippen LogP contribution in [0.1, 0.15) is 24.0 Å². The molecule has 1 saturated heterocycles. The third-order valence-electron chi connectivity index (χ3n) is 8.94. The van der Waals surface area contributed by atoms with E-state index in [9.17, 15) is 26.5 Å². The number of benzene rings is 3. The molecule has 0 atom stereocenters. The second-order valence-electron chi connectivity index (χ2n) is 12.0. The second-order valence-corrected chi connectivity index (χ2v) is 12.0. The maximum Gasteiger partial charge on any atom is 0.270 e. The Hall–Kier alpha value is -7.66. The van der Waals surface area contributed by atoms with Crippen molar-refractivity contribution >= 4 is 22.7 Å². The Balaban J connectivity index is 1.54. The normalized spacial score (nSPS) is 16.2. The highest BCUT2D eigenvalue weighted by atomic mass is 15.3. The summed E-state index contributed by atoms with van der Waals surface area (Å²) >= 11 is 0. The molecule has 0 N–H and O–H groups in total. The van der Waals surface area contributed by atoms with Crippen molar-refractivity contribution in [1.82, 2.24) is 4.90 Å². The summed E-state index contributed by atoms with van der Waals surface area (Å²) in [4.78, 5) is 8.14. The lowest BCUT2D eigenvalue weighted by Crippen LogP contribution is -2.46. The highest BCUT2D eigenvalue weighted by molar-refractivity contribution is 5.97. The van der Waals surface area contributed by atoms with Crippen molar-refractivity contribution in [3.05, 3.63) is 195 Å². The van der Waals surface area contributed by atoms with Crippen molar-refractivity contribution in [2.75, 3.05) is 31.1 Å². The van der Waals surface area contributed by atoms with Crippen LogP contribution in [0.3, 0.4) is 0 Å². The molecule has 8 heteroatoms. The summed E-state index contributed by atoms with van der Waals surface area (Å²) < 4.78 is 0. The largest absolute Gasteiger partial charge is 0.762 e. The van der Waals surface area contributed by atoms with Gasteiger partial charge in [-0.1, -0.05) is 103 Å². The zero-order valence-corrected chi connectivity index (χ0v) is 28.9. The molecule has 8 nitrogen and oxygen atoms in total. The molecule has 5 rings (SSSR count). The summed E-state index contributed by atoms with van der Waals surface area (Å²) in [6.07, 6.45) is 12.4. The van der Waals surface area contributed by atoms with Gasteiger partial charge in [-0.05, 0) is 59.4 Å². The van der Waals surface area contributed by atoms with E-state index in [1.807, 2.05) is 60.5 Å². The predicted octanol–water partition coefficient (Wildman–Crippen LogP) is 8.87. The average Bonchev–Trinajstić information content (AvgIpc) is 3.63. The SMILES string of the molecule is [C-]#[N+]/C(C#N)=C(/C(C#N)=C/C=C/C1=C(N2CCN(c3ccccc3)CC2)C(=C/C=C/C(C#N)=C(/C(=C=[N-])C#N)c2ccccc2)/CC1)c1ccccc1. The van der Waals surface area contributed by atoms with Crippen molar-refractivity contribution in [3.8, 4) is 24.3 Å². The molecule has 0 amide bonds. The first-order valence-electron chi connectivity index (χ1n) is 17.0. The molecule has 0 unspecified atom stereocenters. The Morgan fingerprint density at radius 3 is 1.85 bits per heavy atom. The van der Waals surface area contributed by atoms with E-state index in [-0.39, 0.29) is 28.0 Å². The number of anilines is 1. The average molecular weight is 686 g/mol. The monoisotopic (exact) mass is 685 g/mol. The number of allylic oxidation sites excluding steroid dienone is 14. The molecule has 3 aromatic rings. The number of rotatable bonds is 10. The summed E-state index contributed by atoms with van der Waals surface area (Å²) in [5, 5.41) is 49.4. The molecule has 1 fully saturated rings. The number of nitriles is 4. The maximum atomic E-state index is 10.1. The van der Waals surface area contributed by atoms with Crippen LogP contribution in [0.25, 0.3) is 21.4 Å². The van der Waals surface area contributed by atoms with Crippen molar-refractivity contribution in [2.45, 2.75) is 12.8 Å². The molecule has 1 aliphatic carbocycles. The second kappa shape index (κ2) is 18.4. The van der Waals surface area contributed by atoms with Crippen LogP contribution in [0.4, 0.5) is 5.69 Å². The van der Waals surface area contributed by atoms with E-state index in [4.69, 9.17) is 6.57 Å². The van der Waals surface area contributed by atoms with Crippen LogP contribution < -0.4 is 4.90 Å². The van der Waals surface area contributed by atoms with E-state index in [2.05, 4.69) is 38.9 Å². The molecule has 254 valence electrons. The van der Waals surface area contributed by atoms with Gasteiger partial charge >= 0.3 is 0 Å². The minimum Gasteiger partial charge on any atom is -0.762 e. The van der Waals surface area contributed by atoms with E-state index in [1.165, 1.54) is 5.69 Å². The summed E-state index contributed by atoms with van der Waals surface area (Å²) in [6.45, 7) is 10.8. The minimum absolute atomic E-state index is 0.136. The Morgan fingerprint density at radius 1 is 0.698 bits per heavy atom. The zero-order valence-electron chi connectivity index (χ0n) is 28.9. The third kappa shape index (κ3) is 8.74. The van der Waals surface area contributed by atoms with E-state index < -0.39 is 0 Å². The summed E-state index contributed by atoms with van der Waals surface area (Å²) in [7, 11) is 0. The molecule has 3 aromatic carbocycles. The molecule has 2 aliphatic rings. The Morgan fingerprint density at radius 2 is 1.30 bits per heavy atom. The Labute approximate surface area is 310 Å². The fourth-order valence-electron chi connectivity index (χ4n) is 6.48. The highest BCUT2D eigenvalue weighted by Crippen LogP contribution is 2.36. The van der Waals surface area contributed by atoms with Crippen LogP contribution in [-0.4, -0.2) is 36.9 Å². The Kier molecular flexibility index (Phi) is 12.7. The number of piperazine rings is 1. The molecule has 0 saturated carbocycles. The van der Waals surface area contributed by atoms with Gasteiger partial charge in [-0.2, -0.15) is 15.8 Å². The molecule has 0 spiro atoms. The van der Waals surface area contributed by atoms with Gasteiger partial charge < -0.3 is 15.2 Å². The standard InChI is InChI=1S/C45H33N8/c1-51-42(33-50)44(35-15-7-3-8-16-35)39(30-47)20-12-18-37-24-23-36(45(37)53-27-25-52(26-28-53)41-21-9-4-10-22-41)17-11-19-38(29-46)43(40(31-48)32-49)34-13-5-2-6-14-34/h2-22H,23-28H2/q-1/b18-12+,19-11+,36-17+,39-20+,43-38-,44-42+. The summed E-state index contributed by atoms with van der Waals surface area (Å²) in [5.41, 5.74) is 6.35. The van der Waals surface area contributed by atoms with Crippen LogP contribution in [0, 0.1) is 51.9 Å². The van der Waals surface area contributed by atoms with Gasteiger partial charge in [0, 0.05) is 48.7 Å². The molecule has 1 heterocycles. The molecule has 0 bridgehead atoms. The maximum absolute atomic E-state index is 10.1. The van der Waals surface area contributed by atoms with Crippen LogP contribution in [-0.2, 0) is 0 Å². The van der Waals surface area contributed by atoms with Crippen molar-refractivity contribution in [1.29, 1.82) is 21.0 Å². The molecule has 0 aromatic heterocycles. The summed E-state index contributed by atoms with van der Waals surface area (Å²) in [5.74, 6) is 1.94. The van der Waals surface area contributed by atoms with Gasteiger partial charge in [-0.15, -0.1) is 0 Å². The Bertz CT molecular complexity index is 2310. The van der Waals surface area contributed by atoms with Gasteiger partial charge in [-0.25, -0.2) is 16.0 Å². The van der Waals surface area contributed by atoms with Crippen molar-refractivity contribution in [2.24, 2.45) is 0 Å². The lowest BCUT2D eigenvalue weighted by Gasteiger charge is -2.38. The van der Waals surface area contributed by atoms with Gasteiger partial charge in [0.25, 0.3) is 5.70 Å². The quantitative estimate of drug-likeness (QED) is 0.0908. The van der Waals surface area contributed by atoms with E-state index in [0.29, 0.717) is 16.7 Å². The fourth-order valence-corrected chi connectivity index (χ4v) is 6.48. The minimum atomic E-state index is -0.151. The van der Waals surface area contributed by atoms with Gasteiger partial charge in [0.1, 0.15) is 6.07 Å². The first kappa shape index (κ1) is 36.6. The van der Waals surface area contributed by atoms with Crippen molar-refractivity contribution in [3.63, 3.8) is 0 Å². The summed E-state index contributed by atoms with van der Waals surface area (Å²) in [6, 6.07) is 36.5. The van der Waals surface area contributed by atoms with Crippen LogP contribution in [0.2, 0.25) is 0 Å². The van der Waals surface area contributed by atoms with Gasteiger partial charge in [0.2, 0.25) is 0 Å². The van der Waals surface area contributed by atoms with Crippen LogP contribution in [0.15, 0.2) is 167 Å². The zero-order chi connectivity index (χ0) is 37.4. The van der Waals surface area contributed by atoms with E-state index in [0.717, 1.165) is 55.9 Å². The highest BCUT2D eigenvalue weighted by Gasteiger charge is 2.26. The molecule has 1 aliphatic heterocycles. The number of para-hydroxylation sites is 1. The van der Waals surface area contributed by atoms with Gasteiger partial charge in [0.15, 0.2) is 0 Å². The first-order chi connectivity index (χ1) is 26.1. The third-order valence-corrected chi connectivity index (χ3v) is 8.94. The molecule has 53 heavy (non-hydrogen) atoms. The van der Waals surface area contributed by atoms with Gasteiger partial charge in [0.05, 0.1) is 41.5 Å². The smallest absolute Gasteiger partial charge is 0.270 e. The molecular weight excluding hydrogens is 653 g/mol. The van der Waals surface area contributed by atoms with Crippen LogP contribution >= 0.6 is 0 Å². The van der Waals surface area contributed by atoms with Gasteiger partial charge in [-0.3, -0.25) is 0 Å². The molecular formula is C45H33N8-. The lowest BCUT2D eigenvalue weighted by atomic mass is 9.94. The fraction of sp³-hybridized carbons (Fsp3) is 0.133. The van der Waals surface area contributed by atoms with Crippen LogP contribution in [0.5, 0.6) is 0 Å². The number of nitrogens with zero attached hydrogens (tertiary/aromatic N) is 8. The number of hydrogen-bond acceptors (Lipinski definition) is 6. The lowest BCUT2D eigenvalue weighted by molar-refractivity contribution is 0.326.